The summed E-state index contributed by atoms with van der Waals surface area (Å²) in [7, 11) is 0. The highest BCUT2D eigenvalue weighted by Gasteiger charge is 2.41. The normalized spacial score (nSPS) is 15.1. The van der Waals surface area contributed by atoms with Crippen LogP contribution in [0.3, 0.4) is 0 Å². The zero-order valence-corrected chi connectivity index (χ0v) is 17.6. The Morgan fingerprint density at radius 1 is 1.00 bits per heavy atom. The lowest BCUT2D eigenvalue weighted by atomic mass is 10.1. The van der Waals surface area contributed by atoms with Gasteiger partial charge in [0.15, 0.2) is 6.23 Å². The Hall–Kier alpha value is -3.06. The molecule has 0 aromatic heterocycles. The number of halogens is 2. The maximum atomic E-state index is 13.1. The molecule has 1 aliphatic heterocycles. The molecule has 6 nitrogen and oxygen atoms in total. The quantitative estimate of drug-likeness (QED) is 0.552. The summed E-state index contributed by atoms with van der Waals surface area (Å²) in [6, 6.07) is 17.2. The maximum Gasteiger partial charge on any atom is 0.307 e. The number of aliphatic hydroxyl groups is 1. The Morgan fingerprint density at radius 2 is 1.74 bits per heavy atom. The molecule has 0 spiro atoms. The molecule has 158 valence electrons. The largest absolute Gasteiger partial charge is 0.488 e. The van der Waals surface area contributed by atoms with Gasteiger partial charge in [-0.15, -0.1) is 0 Å². The third-order valence-corrected chi connectivity index (χ3v) is 5.57. The summed E-state index contributed by atoms with van der Waals surface area (Å²) in [5.41, 5.74) is 2.06. The van der Waals surface area contributed by atoms with Crippen molar-refractivity contribution in [2.45, 2.75) is 19.3 Å². The molecule has 0 bridgehead atoms. The first kappa shape index (κ1) is 21.2. The lowest BCUT2D eigenvalue weighted by molar-refractivity contribution is -0.136. The number of carbonyl (C=O) groups is 2. The van der Waals surface area contributed by atoms with Crippen molar-refractivity contribution < 1.29 is 24.5 Å². The lowest BCUT2D eigenvalue weighted by Crippen LogP contribution is -2.28. The van der Waals surface area contributed by atoms with Crippen molar-refractivity contribution in [1.82, 2.24) is 0 Å². The van der Waals surface area contributed by atoms with Gasteiger partial charge in [0.25, 0.3) is 5.91 Å². The topological polar surface area (TPSA) is 87.1 Å². The average Bonchev–Trinajstić information content (AvgIpc) is 3.00. The molecule has 0 radical (unpaired) electrons. The number of ether oxygens (including phenoxy) is 1. The minimum Gasteiger partial charge on any atom is -0.488 e. The number of carbonyl (C=O) groups excluding carboxylic acids is 1. The van der Waals surface area contributed by atoms with Gasteiger partial charge >= 0.3 is 5.97 Å². The summed E-state index contributed by atoms with van der Waals surface area (Å²) < 4.78 is 5.89. The minimum absolute atomic E-state index is 0.141. The van der Waals surface area contributed by atoms with Gasteiger partial charge in [0, 0.05) is 0 Å². The zero-order valence-electron chi connectivity index (χ0n) is 16.1. The summed E-state index contributed by atoms with van der Waals surface area (Å²) in [6.45, 7) is 0.250. The number of aliphatic hydroxyl groups excluding tert-OH is 1. The Morgan fingerprint density at radius 3 is 2.42 bits per heavy atom. The van der Waals surface area contributed by atoms with Crippen LogP contribution in [0.25, 0.3) is 0 Å². The highest BCUT2D eigenvalue weighted by Crippen LogP contribution is 2.45. The van der Waals surface area contributed by atoms with Crippen LogP contribution in [0.4, 0.5) is 5.69 Å². The van der Waals surface area contributed by atoms with E-state index in [-0.39, 0.29) is 39.9 Å². The summed E-state index contributed by atoms with van der Waals surface area (Å²) in [6.07, 6.45) is -1.57. The van der Waals surface area contributed by atoms with E-state index in [4.69, 9.17) is 33.0 Å². The molecule has 8 heteroatoms. The van der Waals surface area contributed by atoms with Crippen LogP contribution in [0, 0.1) is 0 Å². The van der Waals surface area contributed by atoms with Gasteiger partial charge in [0.1, 0.15) is 12.4 Å². The van der Waals surface area contributed by atoms with Crippen molar-refractivity contribution in [3.8, 4) is 5.75 Å². The predicted octanol–water partition coefficient (Wildman–Crippen LogP) is 4.85. The molecule has 1 amide bonds. The van der Waals surface area contributed by atoms with E-state index in [9.17, 15) is 14.7 Å². The third-order valence-electron chi connectivity index (χ3n) is 4.95. The van der Waals surface area contributed by atoms with E-state index >= 15 is 0 Å². The predicted molar refractivity (Wildman–Crippen MR) is 117 cm³/mol. The molecule has 1 atom stereocenters. The Kier molecular flexibility index (Phi) is 5.87. The summed E-state index contributed by atoms with van der Waals surface area (Å²) >= 11 is 12.6. The Labute approximate surface area is 188 Å². The fraction of sp³-hybridized carbons (Fsp3) is 0.130. The number of carboxylic acids is 1. The Balaban J connectivity index is 1.68. The number of hydrogen-bond donors (Lipinski definition) is 2. The smallest absolute Gasteiger partial charge is 0.307 e. The standard InChI is InChI=1S/C23H17Cl2NO5/c24-15-7-9-18(31-12-13-4-2-1-3-5-13)21-20(15)22(29)26(23(21)30)17-8-6-14(10-16(17)25)11-19(27)28/h1-10,23,30H,11-12H2,(H,27,28). The second kappa shape index (κ2) is 8.59. The summed E-state index contributed by atoms with van der Waals surface area (Å²) in [4.78, 5) is 25.2. The van der Waals surface area contributed by atoms with E-state index in [2.05, 4.69) is 0 Å². The first-order chi connectivity index (χ1) is 14.9. The number of aliphatic carboxylic acids is 1. The average molecular weight is 458 g/mol. The van der Waals surface area contributed by atoms with Gasteiger partial charge in [-0.1, -0.05) is 59.6 Å². The number of anilines is 1. The van der Waals surface area contributed by atoms with Gasteiger partial charge in [-0.25, -0.2) is 0 Å². The summed E-state index contributed by atoms with van der Waals surface area (Å²) in [5, 5.41) is 20.3. The SMILES string of the molecule is O=C(O)Cc1ccc(N2C(=O)c3c(Cl)ccc(OCc4ccccc4)c3C2O)c(Cl)c1. The summed E-state index contributed by atoms with van der Waals surface area (Å²) in [5.74, 6) is -1.18. The van der Waals surface area contributed by atoms with E-state index < -0.39 is 18.1 Å². The lowest BCUT2D eigenvalue weighted by Gasteiger charge is -2.23. The Bertz CT molecular complexity index is 1170. The van der Waals surface area contributed by atoms with Crippen molar-refractivity contribution in [1.29, 1.82) is 0 Å². The third kappa shape index (κ3) is 4.10. The van der Waals surface area contributed by atoms with Gasteiger partial charge in [-0.05, 0) is 35.4 Å². The molecule has 31 heavy (non-hydrogen) atoms. The van der Waals surface area contributed by atoms with Crippen LogP contribution in [0.5, 0.6) is 5.75 Å². The van der Waals surface area contributed by atoms with Crippen LogP contribution in [-0.2, 0) is 17.8 Å². The number of nitrogens with zero attached hydrogens (tertiary/aromatic N) is 1. The van der Waals surface area contributed by atoms with E-state index in [1.165, 1.54) is 12.1 Å². The van der Waals surface area contributed by atoms with Crippen LogP contribution >= 0.6 is 23.2 Å². The van der Waals surface area contributed by atoms with Gasteiger partial charge in [0.2, 0.25) is 0 Å². The first-order valence-electron chi connectivity index (χ1n) is 9.37. The van der Waals surface area contributed by atoms with Crippen LogP contribution in [0.2, 0.25) is 10.0 Å². The molecule has 2 N–H and O–H groups in total. The first-order valence-corrected chi connectivity index (χ1v) is 10.1. The van der Waals surface area contributed by atoms with Gasteiger partial charge in [0.05, 0.1) is 33.3 Å². The molecule has 4 rings (SSSR count). The number of benzene rings is 3. The molecule has 1 aliphatic rings. The fourth-order valence-corrected chi connectivity index (χ4v) is 4.08. The molecule has 3 aromatic rings. The molecule has 1 unspecified atom stereocenters. The molecule has 0 saturated heterocycles. The van der Waals surface area contributed by atoms with Crippen molar-refractivity contribution in [3.63, 3.8) is 0 Å². The molecular weight excluding hydrogens is 441 g/mol. The zero-order chi connectivity index (χ0) is 22.1. The molecule has 0 aliphatic carbocycles. The number of hydrogen-bond acceptors (Lipinski definition) is 4. The highest BCUT2D eigenvalue weighted by atomic mass is 35.5. The van der Waals surface area contributed by atoms with E-state index in [0.717, 1.165) is 10.5 Å². The van der Waals surface area contributed by atoms with Gasteiger partial charge in [-0.2, -0.15) is 0 Å². The highest BCUT2D eigenvalue weighted by molar-refractivity contribution is 6.37. The van der Waals surface area contributed by atoms with Crippen LogP contribution < -0.4 is 9.64 Å². The van der Waals surface area contributed by atoms with Crippen molar-refractivity contribution >= 4 is 40.8 Å². The van der Waals surface area contributed by atoms with Gasteiger partial charge in [-0.3, -0.25) is 14.5 Å². The molecule has 1 heterocycles. The number of amides is 1. The minimum atomic E-state index is -1.37. The fourth-order valence-electron chi connectivity index (χ4n) is 3.54. The molecule has 0 fully saturated rings. The number of carboxylic acid groups (broad SMARTS) is 1. The molecule has 3 aromatic carbocycles. The van der Waals surface area contributed by atoms with Gasteiger partial charge < -0.3 is 14.9 Å². The van der Waals surface area contributed by atoms with E-state index in [1.54, 1.807) is 18.2 Å². The molecule has 0 saturated carbocycles. The maximum absolute atomic E-state index is 13.1. The number of rotatable bonds is 6. The van der Waals surface area contributed by atoms with E-state index in [1.807, 2.05) is 30.3 Å². The van der Waals surface area contributed by atoms with Crippen LogP contribution in [0.15, 0.2) is 60.7 Å². The second-order valence-corrected chi connectivity index (χ2v) is 7.83. The molecular formula is C23H17Cl2NO5. The monoisotopic (exact) mass is 457 g/mol. The van der Waals surface area contributed by atoms with Crippen molar-refractivity contribution in [2.75, 3.05) is 4.90 Å². The number of fused-ring (bicyclic) bond motifs is 1. The van der Waals surface area contributed by atoms with Crippen molar-refractivity contribution in [3.05, 3.63) is 93.0 Å². The van der Waals surface area contributed by atoms with Crippen LogP contribution in [-0.4, -0.2) is 22.1 Å². The van der Waals surface area contributed by atoms with E-state index in [0.29, 0.717) is 11.3 Å². The second-order valence-electron chi connectivity index (χ2n) is 7.01. The van der Waals surface area contributed by atoms with Crippen molar-refractivity contribution in [2.24, 2.45) is 0 Å². The van der Waals surface area contributed by atoms with Crippen LogP contribution in [0.1, 0.15) is 33.3 Å².